The van der Waals surface area contributed by atoms with E-state index in [1.165, 1.54) is 22.1 Å². The number of thiazole rings is 1. The van der Waals surface area contributed by atoms with Gasteiger partial charge in [0.05, 0.1) is 5.69 Å². The van der Waals surface area contributed by atoms with Gasteiger partial charge in [-0.25, -0.2) is 4.98 Å². The van der Waals surface area contributed by atoms with Crippen LogP contribution in [0.25, 0.3) is 17.3 Å². The van der Waals surface area contributed by atoms with Gasteiger partial charge in [0.2, 0.25) is 5.91 Å². The molecule has 0 bridgehead atoms. The van der Waals surface area contributed by atoms with E-state index in [9.17, 15) is 4.79 Å². The topological polar surface area (TPSA) is 42.0 Å². The number of anilines is 1. The average molecular weight is 367 g/mol. The molecule has 1 aromatic heterocycles. The molecule has 1 aliphatic rings. The maximum Gasteiger partial charge on any atom is 0.250 e. The summed E-state index contributed by atoms with van der Waals surface area (Å²) in [5, 5.41) is 4.11. The van der Waals surface area contributed by atoms with E-state index >= 15 is 0 Å². The number of nitrogens with zero attached hydrogens (tertiary/aromatic N) is 1. The van der Waals surface area contributed by atoms with Crippen LogP contribution < -0.4 is 5.32 Å². The minimum Gasteiger partial charge on any atom is -0.298 e. The van der Waals surface area contributed by atoms with Crippen LogP contribution in [0.15, 0.2) is 54.6 Å². The van der Waals surface area contributed by atoms with Gasteiger partial charge in [-0.2, -0.15) is 0 Å². The second-order valence-electron chi connectivity index (χ2n) is 5.79. The van der Waals surface area contributed by atoms with Crippen LogP contribution in [-0.2, 0) is 17.6 Å². The summed E-state index contributed by atoms with van der Waals surface area (Å²) < 4.78 is 0. The van der Waals surface area contributed by atoms with Gasteiger partial charge < -0.3 is 0 Å². The van der Waals surface area contributed by atoms with Crippen molar-refractivity contribution >= 4 is 40.1 Å². The number of rotatable bonds is 3. The molecule has 0 unspecified atom stereocenters. The Hall–Kier alpha value is -2.43. The van der Waals surface area contributed by atoms with Crippen molar-refractivity contribution in [1.82, 2.24) is 4.98 Å². The van der Waals surface area contributed by atoms with E-state index < -0.39 is 0 Å². The first-order chi connectivity index (χ1) is 12.2. The molecule has 0 atom stereocenters. The first-order valence-corrected chi connectivity index (χ1v) is 9.22. The molecule has 0 aliphatic heterocycles. The molecule has 1 amide bonds. The number of halogens is 1. The Bertz CT molecular complexity index is 977. The molecule has 2 aromatic carbocycles. The Morgan fingerprint density at radius 3 is 2.80 bits per heavy atom. The van der Waals surface area contributed by atoms with Gasteiger partial charge in [0.15, 0.2) is 5.13 Å². The lowest BCUT2D eigenvalue weighted by molar-refractivity contribution is -0.111. The van der Waals surface area contributed by atoms with Gasteiger partial charge in [0.25, 0.3) is 0 Å². The van der Waals surface area contributed by atoms with Crippen LogP contribution in [0.5, 0.6) is 0 Å². The first-order valence-electron chi connectivity index (χ1n) is 8.02. The van der Waals surface area contributed by atoms with Gasteiger partial charge >= 0.3 is 0 Å². The van der Waals surface area contributed by atoms with Gasteiger partial charge in [-0.05, 0) is 36.1 Å². The molecule has 1 heterocycles. The number of carbonyl (C=O) groups is 1. The molecule has 0 spiro atoms. The number of aromatic nitrogens is 1. The van der Waals surface area contributed by atoms with Crippen molar-refractivity contribution in [2.24, 2.45) is 0 Å². The second kappa shape index (κ2) is 6.82. The van der Waals surface area contributed by atoms with Crippen molar-refractivity contribution in [1.29, 1.82) is 0 Å². The third-order valence-corrected chi connectivity index (χ3v) is 5.52. The van der Waals surface area contributed by atoms with Crippen LogP contribution in [0.2, 0.25) is 5.02 Å². The number of nitrogens with one attached hydrogen (secondary N) is 1. The van der Waals surface area contributed by atoms with Crippen LogP contribution in [0.3, 0.4) is 0 Å². The summed E-state index contributed by atoms with van der Waals surface area (Å²) in [6.45, 7) is 0. The van der Waals surface area contributed by atoms with Crippen molar-refractivity contribution in [3.8, 4) is 11.3 Å². The molecule has 1 aliphatic carbocycles. The fourth-order valence-electron chi connectivity index (χ4n) is 2.93. The predicted molar refractivity (Wildman–Crippen MR) is 104 cm³/mol. The van der Waals surface area contributed by atoms with E-state index in [1.54, 1.807) is 23.5 Å². The Labute approximate surface area is 155 Å². The highest BCUT2D eigenvalue weighted by Crippen LogP contribution is 2.37. The largest absolute Gasteiger partial charge is 0.298 e. The van der Waals surface area contributed by atoms with Crippen LogP contribution in [0.1, 0.15) is 16.0 Å². The normalized spacial score (nSPS) is 12.7. The Kier molecular flexibility index (Phi) is 4.38. The van der Waals surface area contributed by atoms with E-state index in [1.807, 2.05) is 24.3 Å². The summed E-state index contributed by atoms with van der Waals surface area (Å²) in [7, 11) is 0. The Morgan fingerprint density at radius 2 is 1.92 bits per heavy atom. The third kappa shape index (κ3) is 3.36. The number of aryl methyl sites for hydroxylation is 2. The number of benzene rings is 2. The van der Waals surface area contributed by atoms with Gasteiger partial charge in [0, 0.05) is 21.5 Å². The highest BCUT2D eigenvalue weighted by molar-refractivity contribution is 7.16. The van der Waals surface area contributed by atoms with Crippen LogP contribution in [0.4, 0.5) is 5.13 Å². The number of fused-ring (bicyclic) bond motifs is 3. The molecule has 3 aromatic rings. The summed E-state index contributed by atoms with van der Waals surface area (Å²) >= 11 is 7.64. The zero-order valence-electron chi connectivity index (χ0n) is 13.3. The molecule has 0 fully saturated rings. The molecule has 3 nitrogen and oxygen atoms in total. The second-order valence-corrected chi connectivity index (χ2v) is 7.28. The van der Waals surface area contributed by atoms with Crippen molar-refractivity contribution < 1.29 is 4.79 Å². The molecule has 1 N–H and O–H groups in total. The number of carbonyl (C=O) groups excluding carboxylic acids is 1. The molecule has 0 radical (unpaired) electrons. The van der Waals surface area contributed by atoms with Crippen molar-refractivity contribution in [3.05, 3.63) is 75.6 Å². The van der Waals surface area contributed by atoms with Gasteiger partial charge in [-0.3, -0.25) is 10.1 Å². The molecular weight excluding hydrogens is 352 g/mol. The summed E-state index contributed by atoms with van der Waals surface area (Å²) in [6.07, 6.45) is 5.18. The number of hydrogen-bond acceptors (Lipinski definition) is 3. The summed E-state index contributed by atoms with van der Waals surface area (Å²) in [6, 6.07) is 15.7. The summed E-state index contributed by atoms with van der Waals surface area (Å²) in [4.78, 5) is 18.0. The van der Waals surface area contributed by atoms with E-state index in [4.69, 9.17) is 11.6 Å². The van der Waals surface area contributed by atoms with Crippen LogP contribution in [0, 0.1) is 0 Å². The van der Waals surface area contributed by atoms with E-state index in [-0.39, 0.29) is 5.91 Å². The lowest BCUT2D eigenvalue weighted by Gasteiger charge is -2.13. The molecule has 124 valence electrons. The van der Waals surface area contributed by atoms with Gasteiger partial charge in [-0.15, -0.1) is 11.3 Å². The van der Waals surface area contributed by atoms with E-state index in [2.05, 4.69) is 28.5 Å². The lowest BCUT2D eigenvalue weighted by Crippen LogP contribution is -2.07. The highest BCUT2D eigenvalue weighted by Gasteiger charge is 2.20. The fourth-order valence-corrected chi connectivity index (χ4v) is 4.10. The van der Waals surface area contributed by atoms with Crippen LogP contribution >= 0.6 is 22.9 Å². The molecule has 4 rings (SSSR count). The maximum atomic E-state index is 12.2. The lowest BCUT2D eigenvalue weighted by atomic mass is 9.94. The van der Waals surface area contributed by atoms with Gasteiger partial charge in [-0.1, -0.05) is 54.1 Å². The third-order valence-electron chi connectivity index (χ3n) is 4.14. The summed E-state index contributed by atoms with van der Waals surface area (Å²) in [5.74, 6) is -0.209. The molecular formula is C20H15ClN2OS. The SMILES string of the molecule is O=C(C=Cc1ccccc1Cl)Nc1nc2c(s1)CCc1ccccc1-2. The number of amides is 1. The predicted octanol–water partition coefficient (Wildman–Crippen LogP) is 5.21. The quantitative estimate of drug-likeness (QED) is 0.646. The maximum absolute atomic E-state index is 12.2. The molecule has 0 saturated carbocycles. The smallest absolute Gasteiger partial charge is 0.250 e. The van der Waals surface area contributed by atoms with Gasteiger partial charge in [0.1, 0.15) is 0 Å². The summed E-state index contributed by atoms with van der Waals surface area (Å²) in [5.41, 5.74) is 4.30. The monoisotopic (exact) mass is 366 g/mol. The van der Waals surface area contributed by atoms with Crippen LogP contribution in [-0.4, -0.2) is 10.9 Å². The molecule has 5 heteroatoms. The average Bonchev–Trinajstić information content (AvgIpc) is 3.04. The first kappa shape index (κ1) is 16.1. The highest BCUT2D eigenvalue weighted by atomic mass is 35.5. The van der Waals surface area contributed by atoms with Crippen molar-refractivity contribution in [3.63, 3.8) is 0 Å². The molecule has 0 saturated heterocycles. The minimum absolute atomic E-state index is 0.209. The standard InChI is InChI=1S/C20H15ClN2OS/c21-16-8-4-2-6-14(16)10-12-18(24)22-20-23-19-15-7-3-1-5-13(15)9-11-17(19)25-20/h1-8,10,12H,9,11H2,(H,22,23,24). The zero-order valence-corrected chi connectivity index (χ0v) is 14.9. The zero-order chi connectivity index (χ0) is 17.2. The Balaban J connectivity index is 1.52. The minimum atomic E-state index is -0.209. The van der Waals surface area contributed by atoms with E-state index in [0.717, 1.165) is 24.1 Å². The van der Waals surface area contributed by atoms with Crippen molar-refractivity contribution in [2.75, 3.05) is 5.32 Å². The molecule has 25 heavy (non-hydrogen) atoms. The van der Waals surface area contributed by atoms with Crippen molar-refractivity contribution in [2.45, 2.75) is 12.8 Å². The fraction of sp³-hybridized carbons (Fsp3) is 0.100. The number of hydrogen-bond donors (Lipinski definition) is 1. The Morgan fingerprint density at radius 1 is 1.12 bits per heavy atom. The van der Waals surface area contributed by atoms with E-state index in [0.29, 0.717) is 10.2 Å².